The number of benzene rings is 10. The van der Waals surface area contributed by atoms with Crippen LogP contribution in [0.4, 0.5) is 0 Å². The lowest BCUT2D eigenvalue weighted by molar-refractivity contribution is 0.669. The van der Waals surface area contributed by atoms with Crippen molar-refractivity contribution in [2.75, 3.05) is 0 Å². The molecule has 5 nitrogen and oxygen atoms in total. The van der Waals surface area contributed by atoms with Gasteiger partial charge in [0, 0.05) is 43.8 Å². The minimum absolute atomic E-state index is 0.588. The Bertz CT molecular complexity index is 3960. The fraction of sp³-hybridized carbons (Fsp3) is 0. The number of furan rings is 1. The van der Waals surface area contributed by atoms with Crippen molar-refractivity contribution in [1.29, 1.82) is 0 Å². The van der Waals surface area contributed by atoms with E-state index in [1.807, 2.05) is 24.3 Å². The van der Waals surface area contributed by atoms with Gasteiger partial charge >= 0.3 is 0 Å². The molecule has 3 heterocycles. The van der Waals surface area contributed by atoms with Crippen molar-refractivity contribution in [3.8, 4) is 62.1 Å². The van der Waals surface area contributed by atoms with Crippen LogP contribution in [0.2, 0.25) is 0 Å². The molecule has 0 saturated carbocycles. The largest absolute Gasteiger partial charge is 0.456 e. The maximum Gasteiger partial charge on any atom is 0.164 e. The molecule has 0 N–H and O–H groups in total. The summed E-state index contributed by atoms with van der Waals surface area (Å²) in [7, 11) is 0. The summed E-state index contributed by atoms with van der Waals surface area (Å²) >= 11 is 0. The number of hydrogen-bond donors (Lipinski definition) is 0. The number of fused-ring (bicyclic) bond motifs is 9. The van der Waals surface area contributed by atoms with Gasteiger partial charge in [0.1, 0.15) is 11.2 Å². The van der Waals surface area contributed by atoms with Crippen LogP contribution >= 0.6 is 0 Å². The molecule has 298 valence electrons. The van der Waals surface area contributed by atoms with Gasteiger partial charge in [-0.05, 0) is 92.8 Å². The number of hydrogen-bond acceptors (Lipinski definition) is 4. The lowest BCUT2D eigenvalue weighted by atomic mass is 9.94. The van der Waals surface area contributed by atoms with Gasteiger partial charge in [-0.1, -0.05) is 164 Å². The van der Waals surface area contributed by atoms with E-state index in [0.717, 1.165) is 83.0 Å². The van der Waals surface area contributed by atoms with Crippen molar-refractivity contribution < 1.29 is 4.42 Å². The first-order valence-corrected chi connectivity index (χ1v) is 21.6. The van der Waals surface area contributed by atoms with E-state index >= 15 is 0 Å². The van der Waals surface area contributed by atoms with Crippen LogP contribution in [0.5, 0.6) is 0 Å². The molecule has 0 fully saturated rings. The normalized spacial score (nSPS) is 11.8. The first-order valence-electron chi connectivity index (χ1n) is 21.6. The fourth-order valence-electron chi connectivity index (χ4n) is 9.63. The Balaban J connectivity index is 1.11. The summed E-state index contributed by atoms with van der Waals surface area (Å²) in [4.78, 5) is 15.7. The van der Waals surface area contributed by atoms with Crippen molar-refractivity contribution in [3.63, 3.8) is 0 Å². The minimum atomic E-state index is 0.588. The quantitative estimate of drug-likeness (QED) is 0.168. The van der Waals surface area contributed by atoms with Gasteiger partial charge in [-0.25, -0.2) is 15.0 Å². The molecule has 0 atom stereocenters. The first kappa shape index (κ1) is 36.0. The number of para-hydroxylation sites is 1. The topological polar surface area (TPSA) is 56.7 Å². The summed E-state index contributed by atoms with van der Waals surface area (Å²) in [6, 6.07) is 76.9. The summed E-state index contributed by atoms with van der Waals surface area (Å²) in [6.07, 6.45) is 0. The van der Waals surface area contributed by atoms with Gasteiger partial charge in [0.05, 0.1) is 16.7 Å². The van der Waals surface area contributed by atoms with Gasteiger partial charge in [-0.3, -0.25) is 0 Å². The highest BCUT2D eigenvalue weighted by Gasteiger charge is 2.22. The zero-order chi connectivity index (χ0) is 42.1. The first-order chi connectivity index (χ1) is 31.7. The van der Waals surface area contributed by atoms with E-state index in [4.69, 9.17) is 19.4 Å². The molecule has 0 aliphatic carbocycles. The maximum atomic E-state index is 6.69. The van der Waals surface area contributed by atoms with E-state index in [2.05, 4.69) is 199 Å². The third kappa shape index (κ3) is 5.83. The average Bonchev–Trinajstić information content (AvgIpc) is 3.92. The Morgan fingerprint density at radius 2 is 0.906 bits per heavy atom. The van der Waals surface area contributed by atoms with E-state index in [1.165, 1.54) is 26.9 Å². The molecule has 0 amide bonds. The fourth-order valence-corrected chi connectivity index (χ4v) is 9.63. The van der Waals surface area contributed by atoms with Crippen molar-refractivity contribution in [2.45, 2.75) is 0 Å². The van der Waals surface area contributed by atoms with Gasteiger partial charge in [0.25, 0.3) is 0 Å². The van der Waals surface area contributed by atoms with E-state index < -0.39 is 0 Å². The van der Waals surface area contributed by atoms with Crippen LogP contribution < -0.4 is 0 Å². The van der Waals surface area contributed by atoms with E-state index in [9.17, 15) is 0 Å². The molecule has 64 heavy (non-hydrogen) atoms. The Morgan fingerprint density at radius 3 is 1.70 bits per heavy atom. The molecule has 0 unspecified atom stereocenters. The van der Waals surface area contributed by atoms with Crippen LogP contribution in [-0.4, -0.2) is 19.5 Å². The molecule has 10 aromatic carbocycles. The zero-order valence-electron chi connectivity index (χ0n) is 34.5. The summed E-state index contributed by atoms with van der Waals surface area (Å²) in [6.45, 7) is 0. The minimum Gasteiger partial charge on any atom is -0.456 e. The van der Waals surface area contributed by atoms with Crippen LogP contribution in [-0.2, 0) is 0 Å². The SMILES string of the molecule is c1ccc(-c2cccc(-c3nc(-c4ccccc4)nc(-c4ccc(-n5c6ccccc6c6cc7ccccc7cc65)c(-c5cccc6oc7ccc8ccccc8c7c56)c4)n3)c2)cc1. The monoisotopic (exact) mass is 816 g/mol. The standard InChI is InChI=1S/C59H36N4O/c1-3-15-37(16-4-1)40-22-13-23-43(33-40)58-60-57(39-18-5-2-6-19-39)61-59(62-58)44-29-31-51(63-50-27-12-11-25-46(50)48-34-41-20-7-8-21-42(41)36-52(48)63)49(35-44)47-26-14-28-53-56(47)55-45-24-10-9-17-38(45)30-32-54(55)64-53/h1-36H. The van der Waals surface area contributed by atoms with Crippen molar-refractivity contribution in [2.24, 2.45) is 0 Å². The van der Waals surface area contributed by atoms with Gasteiger partial charge in [-0.2, -0.15) is 0 Å². The third-order valence-electron chi connectivity index (χ3n) is 12.6. The van der Waals surface area contributed by atoms with Gasteiger partial charge in [-0.15, -0.1) is 0 Å². The highest BCUT2D eigenvalue weighted by molar-refractivity contribution is 6.23. The summed E-state index contributed by atoms with van der Waals surface area (Å²) in [5.74, 6) is 1.81. The average molecular weight is 817 g/mol. The predicted molar refractivity (Wildman–Crippen MR) is 264 cm³/mol. The smallest absolute Gasteiger partial charge is 0.164 e. The summed E-state index contributed by atoms with van der Waals surface area (Å²) in [5.41, 5.74) is 12.0. The lowest BCUT2D eigenvalue weighted by Crippen LogP contribution is -2.02. The van der Waals surface area contributed by atoms with Gasteiger partial charge in [0.2, 0.25) is 0 Å². The van der Waals surface area contributed by atoms with Crippen molar-refractivity contribution in [1.82, 2.24) is 19.5 Å². The van der Waals surface area contributed by atoms with Gasteiger partial charge < -0.3 is 8.98 Å². The summed E-state index contributed by atoms with van der Waals surface area (Å²) in [5, 5.41) is 9.28. The van der Waals surface area contributed by atoms with Crippen LogP contribution in [0.15, 0.2) is 223 Å². The van der Waals surface area contributed by atoms with Crippen molar-refractivity contribution in [3.05, 3.63) is 218 Å². The molecule has 0 bridgehead atoms. The second-order valence-electron chi connectivity index (χ2n) is 16.4. The molecule has 13 aromatic rings. The highest BCUT2D eigenvalue weighted by atomic mass is 16.3. The number of aromatic nitrogens is 4. The lowest BCUT2D eigenvalue weighted by Gasteiger charge is -2.17. The highest BCUT2D eigenvalue weighted by Crippen LogP contribution is 2.45. The second kappa shape index (κ2) is 14.5. The summed E-state index contributed by atoms with van der Waals surface area (Å²) < 4.78 is 9.12. The van der Waals surface area contributed by atoms with Crippen LogP contribution in [0.3, 0.4) is 0 Å². The zero-order valence-corrected chi connectivity index (χ0v) is 34.5. The van der Waals surface area contributed by atoms with Crippen LogP contribution in [0.25, 0.3) is 127 Å². The molecule has 0 saturated heterocycles. The Kier molecular flexibility index (Phi) is 8.15. The van der Waals surface area contributed by atoms with Crippen LogP contribution in [0, 0.1) is 0 Å². The second-order valence-corrected chi connectivity index (χ2v) is 16.4. The Labute approximate surface area is 368 Å². The molecule has 0 spiro atoms. The Morgan fingerprint density at radius 1 is 0.312 bits per heavy atom. The predicted octanol–water partition coefficient (Wildman–Crippen LogP) is 15.5. The number of nitrogens with zero attached hydrogens (tertiary/aromatic N) is 4. The van der Waals surface area contributed by atoms with E-state index in [0.29, 0.717) is 17.5 Å². The van der Waals surface area contributed by atoms with Gasteiger partial charge in [0.15, 0.2) is 17.5 Å². The third-order valence-corrected chi connectivity index (χ3v) is 12.6. The van der Waals surface area contributed by atoms with Crippen molar-refractivity contribution >= 4 is 65.3 Å². The molecular formula is C59H36N4O. The molecule has 0 radical (unpaired) electrons. The molecule has 5 heteroatoms. The molecule has 0 aliphatic heterocycles. The van der Waals surface area contributed by atoms with E-state index in [1.54, 1.807) is 0 Å². The molecule has 0 aliphatic rings. The molecule has 13 rings (SSSR count). The van der Waals surface area contributed by atoms with Crippen LogP contribution in [0.1, 0.15) is 0 Å². The Hall–Kier alpha value is -8.67. The maximum absolute atomic E-state index is 6.69. The molecular weight excluding hydrogens is 781 g/mol. The van der Waals surface area contributed by atoms with E-state index in [-0.39, 0.29) is 0 Å². The molecule has 3 aromatic heterocycles. The number of rotatable bonds is 6.